The molecular weight excluding hydrogens is 399 g/mol. The molecule has 2 aliphatic heterocycles. The van der Waals surface area contributed by atoms with Gasteiger partial charge in [0.15, 0.2) is 0 Å². The van der Waals surface area contributed by atoms with Gasteiger partial charge in [0.1, 0.15) is 11.6 Å². The van der Waals surface area contributed by atoms with Gasteiger partial charge in [-0.2, -0.15) is 13.2 Å². The molecule has 1 aromatic rings. The standard InChI is InChI=1S/C21H26F3N3O3/c1-14(28)29-11-2-3-12-30-19-7-6-15(13-16(19)21(22,23)24)17-8-10-26-20(27-17)18-5-4-9-25-18/h6-8,13,18,25H,2-5,9-12H2,1H3,(H,26,27). The third-order valence-electron chi connectivity index (χ3n) is 4.91. The summed E-state index contributed by atoms with van der Waals surface area (Å²) in [5, 5.41) is 6.52. The van der Waals surface area contributed by atoms with Crippen LogP contribution in [0.15, 0.2) is 29.3 Å². The first-order valence-corrected chi connectivity index (χ1v) is 10.1. The molecule has 2 aliphatic rings. The molecule has 0 amide bonds. The van der Waals surface area contributed by atoms with E-state index in [0.29, 0.717) is 30.6 Å². The molecule has 9 heteroatoms. The second kappa shape index (κ2) is 9.97. The maximum absolute atomic E-state index is 13.6. The van der Waals surface area contributed by atoms with E-state index in [0.717, 1.165) is 31.3 Å². The topological polar surface area (TPSA) is 72.0 Å². The third kappa shape index (κ3) is 5.98. The van der Waals surface area contributed by atoms with Crippen LogP contribution in [0, 0.1) is 0 Å². The molecule has 6 nitrogen and oxygen atoms in total. The molecule has 0 aromatic heterocycles. The number of halogens is 3. The number of hydrogen-bond acceptors (Lipinski definition) is 6. The number of rotatable bonds is 8. The van der Waals surface area contributed by atoms with Gasteiger partial charge in [0.25, 0.3) is 0 Å². The van der Waals surface area contributed by atoms with Crippen molar-refractivity contribution in [2.75, 3.05) is 26.3 Å². The zero-order chi connectivity index (χ0) is 21.6. The van der Waals surface area contributed by atoms with Gasteiger partial charge in [-0.3, -0.25) is 9.79 Å². The molecule has 1 atom stereocenters. The summed E-state index contributed by atoms with van der Waals surface area (Å²) in [5.74, 6) is 0.182. The van der Waals surface area contributed by atoms with Crippen LogP contribution in [0.1, 0.15) is 43.7 Å². The van der Waals surface area contributed by atoms with Crippen LogP contribution in [0.4, 0.5) is 13.2 Å². The number of carbonyl (C=O) groups is 1. The van der Waals surface area contributed by atoms with Crippen molar-refractivity contribution in [2.24, 2.45) is 4.99 Å². The van der Waals surface area contributed by atoms with Crippen molar-refractivity contribution in [3.05, 3.63) is 35.4 Å². The number of ether oxygens (including phenoxy) is 2. The first kappa shape index (κ1) is 22.1. The lowest BCUT2D eigenvalue weighted by atomic mass is 10.0. The van der Waals surface area contributed by atoms with E-state index in [1.807, 2.05) is 0 Å². The minimum absolute atomic E-state index is 0.106. The molecule has 164 valence electrons. The number of nitrogens with one attached hydrogen (secondary N) is 2. The van der Waals surface area contributed by atoms with Crippen molar-refractivity contribution < 1.29 is 27.4 Å². The monoisotopic (exact) mass is 425 g/mol. The molecule has 0 aliphatic carbocycles. The quantitative estimate of drug-likeness (QED) is 0.493. The summed E-state index contributed by atoms with van der Waals surface area (Å²) in [5.41, 5.74) is 0.243. The number of aliphatic imine (C=N–C) groups is 1. The fourth-order valence-corrected chi connectivity index (χ4v) is 3.42. The van der Waals surface area contributed by atoms with E-state index < -0.39 is 11.7 Å². The van der Waals surface area contributed by atoms with Crippen LogP contribution in [0.3, 0.4) is 0 Å². The Morgan fingerprint density at radius 1 is 1.27 bits per heavy atom. The van der Waals surface area contributed by atoms with E-state index >= 15 is 0 Å². The van der Waals surface area contributed by atoms with Crippen molar-refractivity contribution >= 4 is 17.5 Å². The number of carbonyl (C=O) groups excluding carboxylic acids is 1. The highest BCUT2D eigenvalue weighted by Crippen LogP contribution is 2.38. The Bertz CT molecular complexity index is 815. The van der Waals surface area contributed by atoms with E-state index in [4.69, 9.17) is 9.47 Å². The van der Waals surface area contributed by atoms with Crippen molar-refractivity contribution in [1.29, 1.82) is 0 Å². The predicted molar refractivity (Wildman–Crippen MR) is 107 cm³/mol. The number of esters is 1. The number of hydrogen-bond donors (Lipinski definition) is 2. The second-order valence-corrected chi connectivity index (χ2v) is 7.22. The molecule has 0 spiro atoms. The van der Waals surface area contributed by atoms with Crippen molar-refractivity contribution in [3.63, 3.8) is 0 Å². The maximum Gasteiger partial charge on any atom is 0.419 e. The highest BCUT2D eigenvalue weighted by atomic mass is 19.4. The van der Waals surface area contributed by atoms with Crippen molar-refractivity contribution in [1.82, 2.24) is 10.6 Å². The van der Waals surface area contributed by atoms with E-state index in [1.165, 1.54) is 13.0 Å². The smallest absolute Gasteiger partial charge is 0.419 e. The van der Waals surface area contributed by atoms with Crippen LogP contribution in [-0.2, 0) is 15.7 Å². The lowest BCUT2D eigenvalue weighted by Crippen LogP contribution is -2.41. The van der Waals surface area contributed by atoms with Gasteiger partial charge >= 0.3 is 12.1 Å². The summed E-state index contributed by atoms with van der Waals surface area (Å²) in [4.78, 5) is 15.2. The first-order chi connectivity index (χ1) is 14.3. The Labute approximate surface area is 173 Å². The summed E-state index contributed by atoms with van der Waals surface area (Å²) in [7, 11) is 0. The van der Waals surface area contributed by atoms with Crippen molar-refractivity contribution in [2.45, 2.75) is 44.8 Å². The van der Waals surface area contributed by atoms with Crippen LogP contribution >= 0.6 is 0 Å². The summed E-state index contributed by atoms with van der Waals surface area (Å²) < 4.78 is 51.1. The molecule has 3 rings (SSSR count). The molecule has 2 heterocycles. The zero-order valence-electron chi connectivity index (χ0n) is 16.8. The maximum atomic E-state index is 13.6. The van der Waals surface area contributed by atoms with Gasteiger partial charge in [0.05, 0.1) is 31.4 Å². The molecule has 0 bridgehead atoms. The van der Waals surface area contributed by atoms with E-state index in [2.05, 4.69) is 15.6 Å². The number of alkyl halides is 3. The van der Waals surface area contributed by atoms with Crippen LogP contribution in [-0.4, -0.2) is 44.2 Å². The number of unbranched alkanes of at least 4 members (excludes halogenated alkanes) is 1. The molecule has 2 N–H and O–H groups in total. The molecule has 30 heavy (non-hydrogen) atoms. The van der Waals surface area contributed by atoms with E-state index in [9.17, 15) is 18.0 Å². The predicted octanol–water partition coefficient (Wildman–Crippen LogP) is 3.52. The number of benzene rings is 1. The fourth-order valence-electron chi connectivity index (χ4n) is 3.42. The average Bonchev–Trinajstić information content (AvgIpc) is 3.25. The van der Waals surface area contributed by atoms with Gasteiger partial charge in [-0.05, 0) is 62.1 Å². The summed E-state index contributed by atoms with van der Waals surface area (Å²) in [6, 6.07) is 4.20. The van der Waals surface area contributed by atoms with Gasteiger partial charge in [0.2, 0.25) is 0 Å². The molecule has 1 fully saturated rings. The van der Waals surface area contributed by atoms with Crippen molar-refractivity contribution in [3.8, 4) is 5.75 Å². The molecule has 0 saturated carbocycles. The first-order valence-electron chi connectivity index (χ1n) is 10.1. The van der Waals surface area contributed by atoms with E-state index in [1.54, 1.807) is 12.1 Å². The highest BCUT2D eigenvalue weighted by molar-refractivity contribution is 5.96. The third-order valence-corrected chi connectivity index (χ3v) is 4.91. The van der Waals surface area contributed by atoms with Crippen LogP contribution in [0.5, 0.6) is 5.75 Å². The Morgan fingerprint density at radius 2 is 2.07 bits per heavy atom. The lowest BCUT2D eigenvalue weighted by molar-refractivity contribution is -0.141. The highest BCUT2D eigenvalue weighted by Gasteiger charge is 2.35. The van der Waals surface area contributed by atoms with Gasteiger partial charge in [-0.15, -0.1) is 0 Å². The number of nitrogens with zero attached hydrogens (tertiary/aromatic N) is 1. The largest absolute Gasteiger partial charge is 0.493 e. The van der Waals surface area contributed by atoms with Crippen LogP contribution in [0.2, 0.25) is 0 Å². The molecule has 1 aromatic carbocycles. The fraction of sp³-hybridized carbons (Fsp3) is 0.524. The molecule has 0 radical (unpaired) electrons. The lowest BCUT2D eigenvalue weighted by Gasteiger charge is -2.23. The summed E-state index contributed by atoms with van der Waals surface area (Å²) in [6.45, 7) is 2.98. The Morgan fingerprint density at radius 3 is 2.77 bits per heavy atom. The Kier molecular flexibility index (Phi) is 7.36. The van der Waals surface area contributed by atoms with Gasteiger partial charge < -0.3 is 20.1 Å². The van der Waals surface area contributed by atoms with E-state index in [-0.39, 0.29) is 31.0 Å². The SMILES string of the molecule is CC(=O)OCCCCOc1ccc(C2=CCN=C(C3CCCN3)N2)cc1C(F)(F)F. The molecule has 1 unspecified atom stereocenters. The van der Waals surface area contributed by atoms with Crippen LogP contribution < -0.4 is 15.4 Å². The van der Waals surface area contributed by atoms with Crippen LogP contribution in [0.25, 0.3) is 5.70 Å². The number of amidine groups is 1. The van der Waals surface area contributed by atoms with Gasteiger partial charge in [-0.25, -0.2) is 0 Å². The summed E-state index contributed by atoms with van der Waals surface area (Å²) in [6.07, 6.45) is 0.249. The minimum Gasteiger partial charge on any atom is -0.493 e. The average molecular weight is 425 g/mol. The Balaban J connectivity index is 1.65. The Hall–Kier alpha value is -2.55. The summed E-state index contributed by atoms with van der Waals surface area (Å²) >= 11 is 0. The zero-order valence-corrected chi connectivity index (χ0v) is 16.8. The normalized spacial score (nSPS) is 19.0. The second-order valence-electron chi connectivity index (χ2n) is 7.22. The van der Waals surface area contributed by atoms with Gasteiger partial charge in [0, 0.05) is 12.6 Å². The van der Waals surface area contributed by atoms with Gasteiger partial charge in [-0.1, -0.05) is 0 Å². The molecule has 1 saturated heterocycles. The minimum atomic E-state index is -4.54. The molecular formula is C21H26F3N3O3.